The zero-order chi connectivity index (χ0) is 31.5. The molecule has 2 fully saturated rings. The van der Waals surface area contributed by atoms with Crippen molar-refractivity contribution in [3.63, 3.8) is 0 Å². The minimum atomic E-state index is -0.489. The van der Waals surface area contributed by atoms with Gasteiger partial charge in [-0.3, -0.25) is 24.5 Å². The lowest BCUT2D eigenvalue weighted by Gasteiger charge is -2.39. The van der Waals surface area contributed by atoms with Crippen molar-refractivity contribution in [3.05, 3.63) is 94.1 Å². The van der Waals surface area contributed by atoms with E-state index in [1.54, 1.807) is 18.3 Å². The molecular formula is C35H40FN5O4. The first-order chi connectivity index (χ1) is 21.8. The van der Waals surface area contributed by atoms with Gasteiger partial charge in [0.25, 0.3) is 5.91 Å². The van der Waals surface area contributed by atoms with Crippen molar-refractivity contribution in [2.75, 3.05) is 20.2 Å². The van der Waals surface area contributed by atoms with E-state index in [1.165, 1.54) is 13.2 Å². The molecule has 3 aromatic rings. The molecule has 3 aliphatic rings. The Morgan fingerprint density at radius 3 is 2.76 bits per heavy atom. The summed E-state index contributed by atoms with van der Waals surface area (Å²) in [4.78, 5) is 38.0. The number of pyridine rings is 1. The van der Waals surface area contributed by atoms with Gasteiger partial charge in [0.2, 0.25) is 5.91 Å². The van der Waals surface area contributed by atoms with Crippen molar-refractivity contribution < 1.29 is 23.8 Å². The molecule has 6 rings (SSSR count). The van der Waals surface area contributed by atoms with Crippen LogP contribution in [0.1, 0.15) is 70.4 Å². The van der Waals surface area contributed by atoms with Crippen LogP contribution in [0.2, 0.25) is 0 Å². The molecule has 2 amide bonds. The molecule has 0 bridgehead atoms. The standard InChI is InChI=1S/C35H40FN5O4/c1-21-14-23(12-13-37-21)33-28-16-24(7-8-25(28)18-38-33)34(43)40-26-9-11-31(35(44)39-17-22-6-10-27(42)15-22)41(19-26)20-29-30(36)4-3-5-32(29)45-2/h3-5,7-8,12-14,16,22,26-27,31,42H,6,9-11,15,17-20H2,1-2H3,(H,39,44)(H,40,43)/t22-,26-,27-,31+/m1/s1. The Hall–Kier alpha value is -4.15. The molecule has 236 valence electrons. The first-order valence-corrected chi connectivity index (χ1v) is 15.7. The lowest BCUT2D eigenvalue weighted by molar-refractivity contribution is -0.128. The smallest absolute Gasteiger partial charge is 0.251 e. The number of fused-ring (bicyclic) bond motifs is 1. The van der Waals surface area contributed by atoms with Gasteiger partial charge in [0.15, 0.2) is 0 Å². The third-order valence-electron chi connectivity index (χ3n) is 9.26. The maximum Gasteiger partial charge on any atom is 0.251 e. The first kappa shape index (κ1) is 30.9. The number of aliphatic imine (C=N–C) groups is 1. The van der Waals surface area contributed by atoms with Crippen molar-refractivity contribution in [1.82, 2.24) is 20.5 Å². The van der Waals surface area contributed by atoms with Crippen molar-refractivity contribution >= 4 is 17.5 Å². The van der Waals surface area contributed by atoms with Gasteiger partial charge in [0.05, 0.1) is 31.5 Å². The van der Waals surface area contributed by atoms with E-state index in [9.17, 15) is 14.7 Å². The predicted molar refractivity (Wildman–Crippen MR) is 169 cm³/mol. The summed E-state index contributed by atoms with van der Waals surface area (Å²) in [6, 6.07) is 13.6. The average Bonchev–Trinajstić information content (AvgIpc) is 3.66. The zero-order valence-electron chi connectivity index (χ0n) is 25.8. The fourth-order valence-corrected chi connectivity index (χ4v) is 6.85. The van der Waals surface area contributed by atoms with Crippen LogP contribution in [0.25, 0.3) is 0 Å². The molecule has 3 N–H and O–H groups in total. The Kier molecular flexibility index (Phi) is 9.23. The van der Waals surface area contributed by atoms with Gasteiger partial charge in [0.1, 0.15) is 11.6 Å². The van der Waals surface area contributed by atoms with Crippen LogP contribution in [0.3, 0.4) is 0 Å². The summed E-state index contributed by atoms with van der Waals surface area (Å²) in [5.74, 6) is -0.0562. The second-order valence-electron chi connectivity index (χ2n) is 12.4. The number of ether oxygens (including phenoxy) is 1. The Balaban J connectivity index is 1.17. The molecule has 2 aromatic carbocycles. The number of amides is 2. The quantitative estimate of drug-likeness (QED) is 0.337. The highest BCUT2D eigenvalue weighted by Crippen LogP contribution is 2.29. The number of carbonyl (C=O) groups excluding carboxylic acids is 2. The largest absolute Gasteiger partial charge is 0.496 e. The van der Waals surface area contributed by atoms with Crippen molar-refractivity contribution in [1.29, 1.82) is 0 Å². The van der Waals surface area contributed by atoms with Crippen LogP contribution >= 0.6 is 0 Å². The Labute approximate surface area is 262 Å². The molecule has 1 aromatic heterocycles. The maximum atomic E-state index is 15.0. The van der Waals surface area contributed by atoms with E-state index in [2.05, 4.69) is 15.6 Å². The van der Waals surface area contributed by atoms with Crippen LogP contribution in [0.4, 0.5) is 4.39 Å². The summed E-state index contributed by atoms with van der Waals surface area (Å²) in [5, 5.41) is 16.1. The topological polar surface area (TPSA) is 116 Å². The third-order valence-corrected chi connectivity index (χ3v) is 9.26. The Bertz CT molecular complexity index is 1610. The number of hydrogen-bond acceptors (Lipinski definition) is 7. The molecule has 2 aliphatic heterocycles. The molecule has 0 radical (unpaired) electrons. The number of aliphatic hydroxyl groups is 1. The monoisotopic (exact) mass is 613 g/mol. The first-order valence-electron chi connectivity index (χ1n) is 15.7. The molecule has 1 aliphatic carbocycles. The number of methoxy groups -OCH3 is 1. The van der Waals surface area contributed by atoms with E-state index in [4.69, 9.17) is 9.73 Å². The summed E-state index contributed by atoms with van der Waals surface area (Å²) < 4.78 is 20.5. The lowest BCUT2D eigenvalue weighted by atomic mass is 9.95. The average molecular weight is 614 g/mol. The van der Waals surface area contributed by atoms with Gasteiger partial charge in [0, 0.05) is 59.8 Å². The van der Waals surface area contributed by atoms with E-state index >= 15 is 4.39 Å². The number of carbonyl (C=O) groups is 2. The SMILES string of the molecule is COc1cccc(F)c1CN1C[C@H](NC(=O)c2ccc3c(c2)C(c2ccnc(C)c2)=NC3)CC[C@H]1C(=O)NC[C@@H]1CC[C@@H](O)C1. The second-order valence-corrected chi connectivity index (χ2v) is 12.4. The summed E-state index contributed by atoms with van der Waals surface area (Å²) >= 11 is 0. The molecule has 1 saturated heterocycles. The van der Waals surface area contributed by atoms with Crippen LogP contribution in [0, 0.1) is 18.7 Å². The van der Waals surface area contributed by atoms with Crippen LogP contribution in [0.15, 0.2) is 59.7 Å². The lowest BCUT2D eigenvalue weighted by Crippen LogP contribution is -2.56. The summed E-state index contributed by atoms with van der Waals surface area (Å²) in [5.41, 5.74) is 5.65. The maximum absolute atomic E-state index is 15.0. The molecule has 9 nitrogen and oxygen atoms in total. The summed E-state index contributed by atoms with van der Waals surface area (Å²) in [6.07, 6.45) is 4.89. The number of aryl methyl sites for hydroxylation is 1. The van der Waals surface area contributed by atoms with Gasteiger partial charge in [-0.2, -0.15) is 0 Å². The van der Waals surface area contributed by atoms with Gasteiger partial charge in [-0.05, 0) is 86.9 Å². The number of hydrogen-bond donors (Lipinski definition) is 3. The highest BCUT2D eigenvalue weighted by atomic mass is 19.1. The zero-order valence-corrected chi connectivity index (χ0v) is 25.8. The van der Waals surface area contributed by atoms with E-state index in [0.29, 0.717) is 55.8 Å². The molecule has 1 saturated carbocycles. The summed E-state index contributed by atoms with van der Waals surface area (Å²) in [7, 11) is 1.50. The van der Waals surface area contributed by atoms with E-state index in [0.717, 1.165) is 40.9 Å². The number of aliphatic hydroxyl groups excluding tert-OH is 1. The van der Waals surface area contributed by atoms with Gasteiger partial charge < -0.3 is 20.5 Å². The predicted octanol–water partition coefficient (Wildman–Crippen LogP) is 3.93. The minimum Gasteiger partial charge on any atom is -0.496 e. The van der Waals surface area contributed by atoms with Crippen molar-refractivity contribution in [3.8, 4) is 5.75 Å². The molecule has 0 spiro atoms. The van der Waals surface area contributed by atoms with Crippen molar-refractivity contribution in [2.24, 2.45) is 10.9 Å². The molecule has 4 atom stereocenters. The normalized spacial score (nSPS) is 22.9. The minimum absolute atomic E-state index is 0.117. The Morgan fingerprint density at radius 2 is 1.98 bits per heavy atom. The van der Waals surface area contributed by atoms with Gasteiger partial charge in [-0.1, -0.05) is 12.1 Å². The number of piperidine rings is 1. The molecule has 3 heterocycles. The van der Waals surface area contributed by atoms with Crippen LogP contribution in [-0.4, -0.2) is 70.9 Å². The summed E-state index contributed by atoms with van der Waals surface area (Å²) in [6.45, 7) is 3.54. The number of nitrogens with zero attached hydrogens (tertiary/aromatic N) is 3. The number of nitrogens with one attached hydrogen (secondary N) is 2. The van der Waals surface area contributed by atoms with E-state index < -0.39 is 11.9 Å². The van der Waals surface area contributed by atoms with Crippen molar-refractivity contribution in [2.45, 2.75) is 70.3 Å². The van der Waals surface area contributed by atoms with Gasteiger partial charge in [-0.25, -0.2) is 4.39 Å². The molecule has 0 unspecified atom stereocenters. The van der Waals surface area contributed by atoms with E-state index in [-0.39, 0.29) is 36.4 Å². The number of aromatic nitrogens is 1. The third kappa shape index (κ3) is 6.92. The van der Waals surface area contributed by atoms with Crippen LogP contribution < -0.4 is 15.4 Å². The van der Waals surface area contributed by atoms with Crippen LogP contribution in [-0.2, 0) is 17.9 Å². The fraction of sp³-hybridized carbons (Fsp3) is 0.429. The van der Waals surface area contributed by atoms with E-state index in [1.807, 2.05) is 42.2 Å². The number of likely N-dealkylation sites (tertiary alicyclic amines) is 1. The fourth-order valence-electron chi connectivity index (χ4n) is 6.85. The molecule has 45 heavy (non-hydrogen) atoms. The number of benzene rings is 2. The number of halogens is 1. The van der Waals surface area contributed by atoms with Gasteiger partial charge >= 0.3 is 0 Å². The van der Waals surface area contributed by atoms with Gasteiger partial charge in [-0.15, -0.1) is 0 Å². The highest BCUT2D eigenvalue weighted by molar-refractivity contribution is 6.16. The Morgan fingerprint density at radius 1 is 1.11 bits per heavy atom. The molecule has 10 heteroatoms. The second kappa shape index (κ2) is 13.5. The molecular weight excluding hydrogens is 573 g/mol. The number of rotatable bonds is 9. The highest BCUT2D eigenvalue weighted by Gasteiger charge is 2.35. The van der Waals surface area contributed by atoms with Crippen LogP contribution in [0.5, 0.6) is 5.75 Å².